The number of hydrogen-bond donors (Lipinski definition) is 2. The van der Waals surface area contributed by atoms with E-state index in [0.717, 1.165) is 0 Å². The van der Waals surface area contributed by atoms with Gasteiger partial charge in [-0.2, -0.15) is 0 Å². The highest BCUT2D eigenvalue weighted by molar-refractivity contribution is 5.77. The first-order valence-electron chi connectivity index (χ1n) is 8.08. The average Bonchev–Trinajstić information content (AvgIpc) is 2.44. The van der Waals surface area contributed by atoms with E-state index in [0.29, 0.717) is 19.3 Å². The maximum Gasteiger partial charge on any atom is 0.326 e. The van der Waals surface area contributed by atoms with E-state index in [1.165, 1.54) is 0 Å². The molecule has 0 aliphatic rings. The van der Waals surface area contributed by atoms with Crippen molar-refractivity contribution in [2.24, 2.45) is 17.6 Å². The zero-order valence-electron chi connectivity index (χ0n) is 14.4. The van der Waals surface area contributed by atoms with Gasteiger partial charge >= 0.3 is 17.9 Å². The van der Waals surface area contributed by atoms with Gasteiger partial charge in [0, 0.05) is 12.8 Å². The van der Waals surface area contributed by atoms with Gasteiger partial charge in [-0.05, 0) is 24.7 Å². The van der Waals surface area contributed by atoms with Crippen molar-refractivity contribution in [3.63, 3.8) is 0 Å². The molecule has 0 rings (SSSR count). The summed E-state index contributed by atoms with van der Waals surface area (Å²) in [7, 11) is 0. The molecule has 23 heavy (non-hydrogen) atoms. The van der Waals surface area contributed by atoms with Crippen molar-refractivity contribution in [3.8, 4) is 0 Å². The minimum Gasteiger partial charge on any atom is -0.481 e. The fourth-order valence-corrected chi connectivity index (χ4v) is 2.19. The molecular formula is C16H29NO6. The lowest BCUT2D eigenvalue weighted by atomic mass is 9.88. The third-order valence-electron chi connectivity index (χ3n) is 3.31. The van der Waals surface area contributed by atoms with Crippen LogP contribution in [0.2, 0.25) is 0 Å². The van der Waals surface area contributed by atoms with Gasteiger partial charge in [-0.3, -0.25) is 14.4 Å². The number of carboxylic acid groups (broad SMARTS) is 1. The van der Waals surface area contributed by atoms with Crippen LogP contribution in [0.25, 0.3) is 0 Å². The predicted molar refractivity (Wildman–Crippen MR) is 84.3 cm³/mol. The van der Waals surface area contributed by atoms with Crippen LogP contribution >= 0.6 is 0 Å². The molecule has 7 heteroatoms. The zero-order chi connectivity index (χ0) is 18.0. The molecule has 0 fully saturated rings. The van der Waals surface area contributed by atoms with Crippen molar-refractivity contribution >= 4 is 17.9 Å². The molecular weight excluding hydrogens is 302 g/mol. The van der Waals surface area contributed by atoms with Gasteiger partial charge in [0.15, 0.2) is 0 Å². The molecule has 0 aromatic heterocycles. The monoisotopic (exact) mass is 331 g/mol. The number of nitrogens with two attached hydrogens (primary N) is 1. The van der Waals surface area contributed by atoms with Crippen LogP contribution in [0, 0.1) is 11.8 Å². The molecule has 0 bridgehead atoms. The summed E-state index contributed by atoms with van der Waals surface area (Å²) >= 11 is 0. The number of rotatable bonds is 11. The van der Waals surface area contributed by atoms with Crippen LogP contribution in [-0.4, -0.2) is 35.3 Å². The summed E-state index contributed by atoms with van der Waals surface area (Å²) in [6.45, 7) is 7.36. The first kappa shape index (κ1) is 21.4. The Morgan fingerprint density at radius 1 is 1.13 bits per heavy atom. The molecule has 0 amide bonds. The third kappa shape index (κ3) is 9.18. The van der Waals surface area contributed by atoms with Crippen molar-refractivity contribution < 1.29 is 29.0 Å². The van der Waals surface area contributed by atoms with Gasteiger partial charge in [0.05, 0.1) is 6.42 Å². The Hall–Kier alpha value is -1.63. The lowest BCUT2D eigenvalue weighted by molar-refractivity contribution is -0.190. The maximum absolute atomic E-state index is 12.2. The second-order valence-corrected chi connectivity index (χ2v) is 6.01. The molecule has 0 aromatic rings. The number of ether oxygens (including phenoxy) is 2. The molecule has 0 aliphatic heterocycles. The van der Waals surface area contributed by atoms with Crippen molar-refractivity contribution in [2.75, 3.05) is 0 Å². The largest absolute Gasteiger partial charge is 0.481 e. The van der Waals surface area contributed by atoms with Crippen LogP contribution in [0.3, 0.4) is 0 Å². The predicted octanol–water partition coefficient (Wildman–Crippen LogP) is 2.07. The number of carbonyl (C=O) groups is 3. The Labute approximate surface area is 137 Å². The molecule has 3 unspecified atom stereocenters. The molecule has 0 aromatic carbocycles. The molecule has 3 atom stereocenters. The van der Waals surface area contributed by atoms with Crippen LogP contribution < -0.4 is 5.73 Å². The molecule has 0 aliphatic carbocycles. The highest BCUT2D eigenvalue weighted by Crippen LogP contribution is 2.20. The molecule has 0 radical (unpaired) electrons. The summed E-state index contributed by atoms with van der Waals surface area (Å²) in [6.07, 6.45) is 0.527. The Bertz CT molecular complexity index is 396. The molecule has 0 saturated heterocycles. The zero-order valence-corrected chi connectivity index (χ0v) is 14.4. The molecule has 0 spiro atoms. The van der Waals surface area contributed by atoms with E-state index < -0.39 is 36.2 Å². The first-order chi connectivity index (χ1) is 10.7. The molecule has 3 N–H and O–H groups in total. The van der Waals surface area contributed by atoms with Crippen LogP contribution in [-0.2, 0) is 23.9 Å². The Balaban J connectivity index is 4.83. The Kier molecular flexibility index (Phi) is 10.2. The SMILES string of the molecule is CCCC(OC(=O)CC)OC(=O)C(N)C(CC(=O)O)CC(C)C. The summed E-state index contributed by atoms with van der Waals surface area (Å²) < 4.78 is 10.2. The Morgan fingerprint density at radius 2 is 1.74 bits per heavy atom. The summed E-state index contributed by atoms with van der Waals surface area (Å²) in [5.41, 5.74) is 5.89. The van der Waals surface area contributed by atoms with Gasteiger partial charge in [-0.15, -0.1) is 0 Å². The van der Waals surface area contributed by atoms with Crippen LogP contribution in [0.4, 0.5) is 0 Å². The van der Waals surface area contributed by atoms with E-state index in [2.05, 4.69) is 0 Å². The summed E-state index contributed by atoms with van der Waals surface area (Å²) in [5, 5.41) is 8.97. The Morgan fingerprint density at radius 3 is 2.17 bits per heavy atom. The topological polar surface area (TPSA) is 116 Å². The van der Waals surface area contributed by atoms with Crippen LogP contribution in [0.5, 0.6) is 0 Å². The minimum absolute atomic E-state index is 0.179. The highest BCUT2D eigenvalue weighted by Gasteiger charge is 2.31. The molecule has 0 saturated carbocycles. The number of aliphatic carboxylic acids is 1. The fourth-order valence-electron chi connectivity index (χ4n) is 2.19. The van der Waals surface area contributed by atoms with Crippen molar-refractivity contribution in [1.29, 1.82) is 0 Å². The maximum atomic E-state index is 12.2. The molecule has 7 nitrogen and oxygen atoms in total. The fraction of sp³-hybridized carbons (Fsp3) is 0.812. The van der Waals surface area contributed by atoms with E-state index in [4.69, 9.17) is 20.3 Å². The molecule has 0 heterocycles. The van der Waals surface area contributed by atoms with Crippen LogP contribution in [0.15, 0.2) is 0 Å². The van der Waals surface area contributed by atoms with Gasteiger partial charge in [-0.25, -0.2) is 0 Å². The third-order valence-corrected chi connectivity index (χ3v) is 3.31. The van der Waals surface area contributed by atoms with Gasteiger partial charge in [0.1, 0.15) is 6.04 Å². The van der Waals surface area contributed by atoms with E-state index >= 15 is 0 Å². The smallest absolute Gasteiger partial charge is 0.326 e. The van der Waals surface area contributed by atoms with E-state index in [1.807, 2.05) is 20.8 Å². The van der Waals surface area contributed by atoms with Gasteiger partial charge in [0.25, 0.3) is 0 Å². The van der Waals surface area contributed by atoms with Crippen molar-refractivity contribution in [2.45, 2.75) is 72.1 Å². The lowest BCUT2D eigenvalue weighted by Gasteiger charge is -2.25. The second-order valence-electron chi connectivity index (χ2n) is 6.01. The number of carboxylic acids is 1. The van der Waals surface area contributed by atoms with E-state index in [9.17, 15) is 14.4 Å². The second kappa shape index (κ2) is 11.0. The normalized spacial score (nSPS) is 14.9. The number of carbonyl (C=O) groups excluding carboxylic acids is 2. The quantitative estimate of drug-likeness (QED) is 0.440. The van der Waals surface area contributed by atoms with Crippen molar-refractivity contribution in [1.82, 2.24) is 0 Å². The summed E-state index contributed by atoms with van der Waals surface area (Å²) in [5.74, 6) is -2.54. The van der Waals surface area contributed by atoms with E-state index in [-0.39, 0.29) is 18.8 Å². The minimum atomic E-state index is -1.06. The standard InChI is InChI=1S/C16H29NO6/c1-5-7-14(22-13(20)6-2)23-16(21)15(17)11(8-10(3)4)9-12(18)19/h10-11,14-15H,5-9,17H2,1-4H3,(H,18,19). The first-order valence-corrected chi connectivity index (χ1v) is 8.08. The average molecular weight is 331 g/mol. The molecule has 134 valence electrons. The van der Waals surface area contributed by atoms with Crippen LogP contribution in [0.1, 0.15) is 59.8 Å². The van der Waals surface area contributed by atoms with Gasteiger partial charge in [-0.1, -0.05) is 27.7 Å². The number of esters is 2. The summed E-state index contributed by atoms with van der Waals surface area (Å²) in [4.78, 5) is 34.5. The van der Waals surface area contributed by atoms with Gasteiger partial charge < -0.3 is 20.3 Å². The summed E-state index contributed by atoms with van der Waals surface area (Å²) in [6, 6.07) is -1.06. The number of hydrogen-bond acceptors (Lipinski definition) is 6. The van der Waals surface area contributed by atoms with Gasteiger partial charge in [0.2, 0.25) is 6.29 Å². The van der Waals surface area contributed by atoms with E-state index in [1.54, 1.807) is 6.92 Å². The van der Waals surface area contributed by atoms with Crippen molar-refractivity contribution in [3.05, 3.63) is 0 Å². The highest BCUT2D eigenvalue weighted by atomic mass is 16.7. The lowest BCUT2D eigenvalue weighted by Crippen LogP contribution is -2.43.